The average Bonchev–Trinajstić information content (AvgIpc) is 3.09. The summed E-state index contributed by atoms with van der Waals surface area (Å²) >= 11 is 7.45. The van der Waals surface area contributed by atoms with Gasteiger partial charge in [-0.15, -0.1) is 10.2 Å². The maximum absolute atomic E-state index is 12.3. The summed E-state index contributed by atoms with van der Waals surface area (Å²) in [4.78, 5) is 12.3. The maximum Gasteiger partial charge on any atom is 0.234 e. The second-order valence-corrected chi connectivity index (χ2v) is 7.40. The first-order chi connectivity index (χ1) is 13.5. The predicted molar refractivity (Wildman–Crippen MR) is 113 cm³/mol. The van der Waals surface area contributed by atoms with Gasteiger partial charge in [0, 0.05) is 17.8 Å². The SMILES string of the molecule is CCn1c(SCC(=O)Nc2ccc(OC)c(Cl)c2)nnc1-c1ccccc1C. The van der Waals surface area contributed by atoms with Crippen LogP contribution in [0.15, 0.2) is 47.6 Å². The number of hydrogen-bond acceptors (Lipinski definition) is 5. The van der Waals surface area contributed by atoms with E-state index in [0.29, 0.717) is 28.2 Å². The van der Waals surface area contributed by atoms with E-state index in [1.165, 1.54) is 11.8 Å². The molecule has 0 saturated heterocycles. The fraction of sp³-hybridized carbons (Fsp3) is 0.250. The highest BCUT2D eigenvalue weighted by atomic mass is 35.5. The Labute approximate surface area is 173 Å². The van der Waals surface area contributed by atoms with Crippen LogP contribution in [0.3, 0.4) is 0 Å². The highest BCUT2D eigenvalue weighted by Gasteiger charge is 2.16. The Balaban J connectivity index is 1.68. The molecule has 1 N–H and O–H groups in total. The Kier molecular flexibility index (Phi) is 6.59. The molecule has 0 spiro atoms. The van der Waals surface area contributed by atoms with Crippen molar-refractivity contribution in [2.45, 2.75) is 25.5 Å². The molecule has 2 aromatic carbocycles. The quantitative estimate of drug-likeness (QED) is 0.567. The molecule has 146 valence electrons. The van der Waals surface area contributed by atoms with E-state index < -0.39 is 0 Å². The van der Waals surface area contributed by atoms with Crippen LogP contribution in [-0.4, -0.2) is 33.5 Å². The van der Waals surface area contributed by atoms with Crippen molar-refractivity contribution in [3.05, 3.63) is 53.1 Å². The first-order valence-electron chi connectivity index (χ1n) is 8.78. The molecule has 28 heavy (non-hydrogen) atoms. The van der Waals surface area contributed by atoms with Crippen molar-refractivity contribution >= 4 is 35.0 Å². The number of methoxy groups -OCH3 is 1. The van der Waals surface area contributed by atoms with Gasteiger partial charge in [-0.05, 0) is 37.6 Å². The molecule has 0 bridgehead atoms. The Hall–Kier alpha value is -2.51. The number of hydrogen-bond donors (Lipinski definition) is 1. The van der Waals surface area contributed by atoms with Gasteiger partial charge in [0.15, 0.2) is 11.0 Å². The molecule has 0 unspecified atom stereocenters. The minimum Gasteiger partial charge on any atom is -0.495 e. The van der Waals surface area contributed by atoms with Crippen LogP contribution in [0.4, 0.5) is 5.69 Å². The van der Waals surface area contributed by atoms with Gasteiger partial charge in [0.1, 0.15) is 5.75 Å². The van der Waals surface area contributed by atoms with Crippen LogP contribution in [0.1, 0.15) is 12.5 Å². The van der Waals surface area contributed by atoms with Crippen LogP contribution in [0.2, 0.25) is 5.02 Å². The lowest BCUT2D eigenvalue weighted by Gasteiger charge is -2.10. The maximum atomic E-state index is 12.3. The minimum absolute atomic E-state index is 0.144. The summed E-state index contributed by atoms with van der Waals surface area (Å²) in [6.07, 6.45) is 0. The molecule has 3 aromatic rings. The Morgan fingerprint density at radius 2 is 2.04 bits per heavy atom. The van der Waals surface area contributed by atoms with Gasteiger partial charge in [0.25, 0.3) is 0 Å². The van der Waals surface area contributed by atoms with E-state index >= 15 is 0 Å². The van der Waals surface area contributed by atoms with Crippen LogP contribution in [0.5, 0.6) is 5.75 Å². The van der Waals surface area contributed by atoms with E-state index in [9.17, 15) is 4.79 Å². The largest absolute Gasteiger partial charge is 0.495 e. The zero-order valence-electron chi connectivity index (χ0n) is 15.9. The van der Waals surface area contributed by atoms with Crippen molar-refractivity contribution in [1.29, 1.82) is 0 Å². The third-order valence-electron chi connectivity index (χ3n) is 4.19. The van der Waals surface area contributed by atoms with E-state index in [2.05, 4.69) is 15.5 Å². The molecule has 1 aromatic heterocycles. The van der Waals surface area contributed by atoms with Gasteiger partial charge in [0.2, 0.25) is 5.91 Å². The van der Waals surface area contributed by atoms with E-state index in [0.717, 1.165) is 17.0 Å². The van der Waals surface area contributed by atoms with Crippen molar-refractivity contribution in [3.8, 4) is 17.1 Å². The summed E-state index contributed by atoms with van der Waals surface area (Å²) in [5.41, 5.74) is 2.80. The molecule has 0 saturated carbocycles. The lowest BCUT2D eigenvalue weighted by molar-refractivity contribution is -0.113. The summed E-state index contributed by atoms with van der Waals surface area (Å²) in [5, 5.41) is 12.6. The smallest absolute Gasteiger partial charge is 0.234 e. The van der Waals surface area contributed by atoms with Gasteiger partial charge in [-0.1, -0.05) is 47.6 Å². The molecule has 0 aliphatic rings. The monoisotopic (exact) mass is 416 g/mol. The molecule has 6 nitrogen and oxygen atoms in total. The van der Waals surface area contributed by atoms with Gasteiger partial charge in [-0.25, -0.2) is 0 Å². The van der Waals surface area contributed by atoms with Crippen molar-refractivity contribution in [2.24, 2.45) is 0 Å². The normalized spacial score (nSPS) is 10.7. The van der Waals surface area contributed by atoms with Crippen LogP contribution < -0.4 is 10.1 Å². The lowest BCUT2D eigenvalue weighted by Crippen LogP contribution is -2.14. The molecule has 0 radical (unpaired) electrons. The number of amides is 1. The molecule has 1 heterocycles. The van der Waals surface area contributed by atoms with Crippen LogP contribution >= 0.6 is 23.4 Å². The van der Waals surface area contributed by atoms with E-state index in [1.54, 1.807) is 25.3 Å². The minimum atomic E-state index is -0.144. The second kappa shape index (κ2) is 9.12. The number of halogens is 1. The van der Waals surface area contributed by atoms with E-state index in [4.69, 9.17) is 16.3 Å². The van der Waals surface area contributed by atoms with Gasteiger partial charge < -0.3 is 14.6 Å². The van der Waals surface area contributed by atoms with Crippen LogP contribution in [0.25, 0.3) is 11.4 Å². The number of thioether (sulfide) groups is 1. The number of anilines is 1. The van der Waals surface area contributed by atoms with E-state index in [-0.39, 0.29) is 11.7 Å². The van der Waals surface area contributed by atoms with E-state index in [1.807, 2.05) is 42.7 Å². The molecule has 0 fully saturated rings. The Morgan fingerprint density at radius 1 is 1.25 bits per heavy atom. The molecular weight excluding hydrogens is 396 g/mol. The van der Waals surface area contributed by atoms with Gasteiger partial charge in [0.05, 0.1) is 17.9 Å². The number of rotatable bonds is 7. The third kappa shape index (κ3) is 4.48. The van der Waals surface area contributed by atoms with Crippen molar-refractivity contribution < 1.29 is 9.53 Å². The molecule has 3 rings (SSSR count). The number of benzene rings is 2. The number of nitrogens with one attached hydrogen (secondary N) is 1. The molecular formula is C20H21ClN4O2S. The van der Waals surface area contributed by atoms with Crippen molar-refractivity contribution in [1.82, 2.24) is 14.8 Å². The molecule has 0 atom stereocenters. The standard InChI is InChI=1S/C20H21ClN4O2S/c1-4-25-19(15-8-6-5-7-13(15)2)23-24-20(25)28-12-18(26)22-14-9-10-17(27-3)16(21)11-14/h5-11H,4,12H2,1-3H3,(H,22,26). The summed E-state index contributed by atoms with van der Waals surface area (Å²) in [7, 11) is 1.55. The fourth-order valence-electron chi connectivity index (χ4n) is 2.77. The number of aryl methyl sites for hydroxylation is 1. The zero-order valence-corrected chi connectivity index (χ0v) is 17.5. The number of carbonyl (C=O) groups excluding carboxylic acids is 1. The highest BCUT2D eigenvalue weighted by Crippen LogP contribution is 2.28. The van der Waals surface area contributed by atoms with Gasteiger partial charge >= 0.3 is 0 Å². The highest BCUT2D eigenvalue weighted by molar-refractivity contribution is 7.99. The van der Waals surface area contributed by atoms with Crippen molar-refractivity contribution in [3.63, 3.8) is 0 Å². The molecule has 0 aliphatic heterocycles. The lowest BCUT2D eigenvalue weighted by atomic mass is 10.1. The summed E-state index contributed by atoms with van der Waals surface area (Å²) in [6.45, 7) is 4.80. The van der Waals surface area contributed by atoms with Gasteiger partial charge in [-0.3, -0.25) is 4.79 Å². The molecule has 8 heteroatoms. The number of nitrogens with zero attached hydrogens (tertiary/aromatic N) is 3. The first-order valence-corrected chi connectivity index (χ1v) is 10.1. The topological polar surface area (TPSA) is 69.0 Å². The zero-order chi connectivity index (χ0) is 20.1. The summed E-state index contributed by atoms with van der Waals surface area (Å²) in [6, 6.07) is 13.2. The third-order valence-corrected chi connectivity index (χ3v) is 5.45. The summed E-state index contributed by atoms with van der Waals surface area (Å²) < 4.78 is 7.13. The Bertz CT molecular complexity index is 990. The fourth-order valence-corrected chi connectivity index (χ4v) is 3.83. The Morgan fingerprint density at radius 3 is 2.71 bits per heavy atom. The average molecular weight is 417 g/mol. The van der Waals surface area contributed by atoms with Crippen LogP contribution in [-0.2, 0) is 11.3 Å². The number of carbonyl (C=O) groups is 1. The number of aromatic nitrogens is 3. The van der Waals surface area contributed by atoms with Crippen LogP contribution in [0, 0.1) is 6.92 Å². The molecule has 0 aliphatic carbocycles. The predicted octanol–water partition coefficient (Wildman–Crippen LogP) is 4.67. The van der Waals surface area contributed by atoms with Gasteiger partial charge in [-0.2, -0.15) is 0 Å². The summed E-state index contributed by atoms with van der Waals surface area (Å²) in [5.74, 6) is 1.45. The number of ether oxygens (including phenoxy) is 1. The second-order valence-electron chi connectivity index (χ2n) is 6.05. The van der Waals surface area contributed by atoms with Crippen molar-refractivity contribution in [2.75, 3.05) is 18.2 Å². The molecule has 1 amide bonds. The first kappa shape index (κ1) is 20.2.